The van der Waals surface area contributed by atoms with E-state index < -0.39 is 0 Å². The lowest BCUT2D eigenvalue weighted by atomic mass is 10.1. The Bertz CT molecular complexity index is 735. The van der Waals surface area contributed by atoms with Gasteiger partial charge in [0.2, 0.25) is 5.78 Å². The number of hydrogen-bond donors (Lipinski definition) is 0. The van der Waals surface area contributed by atoms with E-state index in [0.29, 0.717) is 5.56 Å². The third-order valence-corrected chi connectivity index (χ3v) is 4.29. The molecule has 18 heavy (non-hydrogen) atoms. The SMILES string of the molecule is O=C(c1ccc2cccnc2c1)c1ccc(Br)s1. The molecule has 4 heteroatoms. The van der Waals surface area contributed by atoms with E-state index in [1.807, 2.05) is 42.5 Å². The summed E-state index contributed by atoms with van der Waals surface area (Å²) in [6.45, 7) is 0. The van der Waals surface area contributed by atoms with Gasteiger partial charge in [-0.15, -0.1) is 11.3 Å². The number of aromatic nitrogens is 1. The van der Waals surface area contributed by atoms with Gasteiger partial charge < -0.3 is 0 Å². The second kappa shape index (κ2) is 4.63. The molecule has 0 fully saturated rings. The molecule has 0 amide bonds. The highest BCUT2D eigenvalue weighted by Crippen LogP contribution is 2.25. The molecule has 2 heterocycles. The molecule has 0 atom stereocenters. The van der Waals surface area contributed by atoms with Crippen molar-refractivity contribution in [2.45, 2.75) is 0 Å². The minimum absolute atomic E-state index is 0.0400. The van der Waals surface area contributed by atoms with E-state index in [4.69, 9.17) is 0 Å². The molecule has 88 valence electrons. The summed E-state index contributed by atoms with van der Waals surface area (Å²) in [4.78, 5) is 17.3. The maximum absolute atomic E-state index is 12.3. The Morgan fingerprint density at radius 2 is 2.06 bits per heavy atom. The van der Waals surface area contributed by atoms with Crippen LogP contribution in [0.4, 0.5) is 0 Å². The van der Waals surface area contributed by atoms with E-state index in [1.165, 1.54) is 11.3 Å². The van der Waals surface area contributed by atoms with E-state index >= 15 is 0 Å². The fraction of sp³-hybridized carbons (Fsp3) is 0. The largest absolute Gasteiger partial charge is 0.288 e. The molecule has 2 nitrogen and oxygen atoms in total. The lowest BCUT2D eigenvalue weighted by Crippen LogP contribution is -1.98. The van der Waals surface area contributed by atoms with Crippen LogP contribution in [0.15, 0.2) is 52.4 Å². The van der Waals surface area contributed by atoms with Gasteiger partial charge >= 0.3 is 0 Å². The molecule has 1 aromatic carbocycles. The first-order chi connectivity index (χ1) is 8.74. The van der Waals surface area contributed by atoms with E-state index in [2.05, 4.69) is 20.9 Å². The maximum Gasteiger partial charge on any atom is 0.203 e. The fourth-order valence-electron chi connectivity index (χ4n) is 1.79. The Kier molecular flexibility index (Phi) is 2.97. The molecule has 0 saturated heterocycles. The summed E-state index contributed by atoms with van der Waals surface area (Å²) < 4.78 is 0.963. The van der Waals surface area contributed by atoms with Crippen LogP contribution in [0, 0.1) is 0 Å². The molecular weight excluding hydrogens is 310 g/mol. The van der Waals surface area contributed by atoms with E-state index in [1.54, 1.807) is 6.20 Å². The molecule has 0 aliphatic rings. The van der Waals surface area contributed by atoms with Crippen LogP contribution in [0.25, 0.3) is 10.9 Å². The number of carbonyl (C=O) groups is 1. The van der Waals surface area contributed by atoms with Crippen LogP contribution in [0.5, 0.6) is 0 Å². The molecule has 0 spiro atoms. The van der Waals surface area contributed by atoms with Crippen LogP contribution < -0.4 is 0 Å². The Balaban J connectivity index is 2.06. The molecule has 0 aliphatic carbocycles. The number of carbonyl (C=O) groups excluding carboxylic acids is 1. The standard InChI is InChI=1S/C14H8BrNOS/c15-13-6-5-12(18-13)14(17)10-4-3-9-2-1-7-16-11(9)8-10/h1-8H. The Hall–Kier alpha value is -1.52. The van der Waals surface area contributed by atoms with Crippen molar-refractivity contribution < 1.29 is 4.79 Å². The van der Waals surface area contributed by atoms with Gasteiger partial charge in [0, 0.05) is 17.1 Å². The summed E-state index contributed by atoms with van der Waals surface area (Å²) in [5, 5.41) is 1.04. The third kappa shape index (κ3) is 2.09. The Morgan fingerprint density at radius 3 is 2.83 bits per heavy atom. The first-order valence-corrected chi connectivity index (χ1v) is 7.00. The van der Waals surface area contributed by atoms with E-state index in [0.717, 1.165) is 19.6 Å². The highest BCUT2D eigenvalue weighted by atomic mass is 79.9. The van der Waals surface area contributed by atoms with Crippen molar-refractivity contribution in [2.75, 3.05) is 0 Å². The summed E-state index contributed by atoms with van der Waals surface area (Å²) in [7, 11) is 0. The third-order valence-electron chi connectivity index (χ3n) is 2.67. The van der Waals surface area contributed by atoms with Crippen molar-refractivity contribution in [1.82, 2.24) is 4.98 Å². The van der Waals surface area contributed by atoms with Crippen LogP contribution in [-0.4, -0.2) is 10.8 Å². The normalized spacial score (nSPS) is 10.7. The number of thiophene rings is 1. The first-order valence-electron chi connectivity index (χ1n) is 5.39. The highest BCUT2D eigenvalue weighted by Gasteiger charge is 2.11. The number of nitrogens with zero attached hydrogens (tertiary/aromatic N) is 1. The van der Waals surface area contributed by atoms with Crippen molar-refractivity contribution in [2.24, 2.45) is 0 Å². The van der Waals surface area contributed by atoms with Crippen molar-refractivity contribution in [3.05, 3.63) is 62.9 Å². The lowest BCUT2D eigenvalue weighted by Gasteiger charge is -2.00. The molecule has 0 unspecified atom stereocenters. The van der Waals surface area contributed by atoms with Crippen LogP contribution in [0.1, 0.15) is 15.2 Å². The minimum Gasteiger partial charge on any atom is -0.288 e. The molecule has 0 radical (unpaired) electrons. The number of fused-ring (bicyclic) bond motifs is 1. The molecule has 0 N–H and O–H groups in total. The quantitative estimate of drug-likeness (QED) is 0.660. The molecule has 0 saturated carbocycles. The summed E-state index contributed by atoms with van der Waals surface area (Å²) >= 11 is 4.81. The van der Waals surface area contributed by atoms with Gasteiger partial charge in [-0.1, -0.05) is 18.2 Å². The average molecular weight is 318 g/mol. The van der Waals surface area contributed by atoms with Crippen molar-refractivity contribution in [1.29, 1.82) is 0 Å². The van der Waals surface area contributed by atoms with Gasteiger partial charge in [-0.05, 0) is 40.2 Å². The van der Waals surface area contributed by atoms with Crippen LogP contribution in [0.2, 0.25) is 0 Å². The number of rotatable bonds is 2. The van der Waals surface area contributed by atoms with Crippen LogP contribution in [0.3, 0.4) is 0 Å². The summed E-state index contributed by atoms with van der Waals surface area (Å²) in [5.74, 6) is 0.0400. The zero-order valence-electron chi connectivity index (χ0n) is 9.26. The summed E-state index contributed by atoms with van der Waals surface area (Å²) in [6, 6.07) is 13.2. The van der Waals surface area contributed by atoms with Gasteiger partial charge in [-0.25, -0.2) is 0 Å². The van der Waals surface area contributed by atoms with Gasteiger partial charge in [0.1, 0.15) is 0 Å². The van der Waals surface area contributed by atoms with E-state index in [9.17, 15) is 4.79 Å². The molecule has 3 aromatic rings. The van der Waals surface area contributed by atoms with Crippen LogP contribution in [-0.2, 0) is 0 Å². The summed E-state index contributed by atoms with van der Waals surface area (Å²) in [6.07, 6.45) is 1.73. The molecule has 2 aromatic heterocycles. The van der Waals surface area contributed by atoms with Crippen molar-refractivity contribution in [3.8, 4) is 0 Å². The summed E-state index contributed by atoms with van der Waals surface area (Å²) in [5.41, 5.74) is 1.52. The van der Waals surface area contributed by atoms with Gasteiger partial charge in [0.25, 0.3) is 0 Å². The fourth-order valence-corrected chi connectivity index (χ4v) is 3.13. The van der Waals surface area contributed by atoms with Crippen LogP contribution >= 0.6 is 27.3 Å². The zero-order valence-corrected chi connectivity index (χ0v) is 11.7. The number of hydrogen-bond acceptors (Lipinski definition) is 3. The first kappa shape index (κ1) is 11.6. The highest BCUT2D eigenvalue weighted by molar-refractivity contribution is 9.11. The second-order valence-electron chi connectivity index (χ2n) is 3.84. The van der Waals surface area contributed by atoms with Crippen molar-refractivity contribution >= 4 is 44.0 Å². The predicted molar refractivity (Wildman–Crippen MR) is 77.2 cm³/mol. The predicted octanol–water partition coefficient (Wildman–Crippen LogP) is 4.29. The van der Waals surface area contributed by atoms with Gasteiger partial charge in [0.15, 0.2) is 0 Å². The average Bonchev–Trinajstić information content (AvgIpc) is 2.84. The smallest absolute Gasteiger partial charge is 0.203 e. The number of ketones is 1. The second-order valence-corrected chi connectivity index (χ2v) is 6.31. The van der Waals surface area contributed by atoms with E-state index in [-0.39, 0.29) is 5.78 Å². The van der Waals surface area contributed by atoms with Gasteiger partial charge in [0.05, 0.1) is 14.2 Å². The van der Waals surface area contributed by atoms with Gasteiger partial charge in [-0.3, -0.25) is 9.78 Å². The number of pyridine rings is 1. The molecule has 0 aliphatic heterocycles. The maximum atomic E-state index is 12.3. The number of benzene rings is 1. The molecule has 0 bridgehead atoms. The monoisotopic (exact) mass is 317 g/mol. The zero-order chi connectivity index (χ0) is 12.5. The van der Waals surface area contributed by atoms with Gasteiger partial charge in [-0.2, -0.15) is 0 Å². The topological polar surface area (TPSA) is 30.0 Å². The Labute approximate surface area is 116 Å². The lowest BCUT2D eigenvalue weighted by molar-refractivity contribution is 0.104. The molecule has 3 rings (SSSR count). The van der Waals surface area contributed by atoms with Crippen molar-refractivity contribution in [3.63, 3.8) is 0 Å². The minimum atomic E-state index is 0.0400. The molecular formula is C14H8BrNOS. The Morgan fingerprint density at radius 1 is 1.17 bits per heavy atom. The number of halogens is 1.